The molecule has 0 fully saturated rings. The van der Waals surface area contributed by atoms with E-state index in [1.807, 2.05) is 42.5 Å². The van der Waals surface area contributed by atoms with Crippen LogP contribution in [0.1, 0.15) is 12.5 Å². The predicted octanol–water partition coefficient (Wildman–Crippen LogP) is 6.07. The first-order valence-electron chi connectivity index (χ1n) is 11.0. The van der Waals surface area contributed by atoms with Crippen LogP contribution >= 0.6 is 7.05 Å². The van der Waals surface area contributed by atoms with E-state index in [9.17, 15) is 4.79 Å². The highest BCUT2D eigenvalue weighted by Crippen LogP contribution is 2.49. The van der Waals surface area contributed by atoms with Gasteiger partial charge in [-0.3, -0.25) is 4.74 Å². The molecule has 0 radical (unpaired) electrons. The van der Waals surface area contributed by atoms with Crippen LogP contribution in [0.25, 0.3) is 6.08 Å². The average molecular weight is 452 g/mol. The highest BCUT2D eigenvalue weighted by molar-refractivity contribution is 7.87. The zero-order chi connectivity index (χ0) is 22.9. The van der Waals surface area contributed by atoms with E-state index in [4.69, 9.17) is 9.48 Å². The Balaban J connectivity index is 2.03. The molecule has 33 heavy (non-hydrogen) atoms. The van der Waals surface area contributed by atoms with Crippen LogP contribution in [0.2, 0.25) is 0 Å². The zero-order valence-corrected chi connectivity index (χ0v) is 19.4. The fourth-order valence-electron chi connectivity index (χ4n) is 3.78. The van der Waals surface area contributed by atoms with Crippen molar-refractivity contribution in [1.29, 1.82) is 0 Å². The highest BCUT2D eigenvalue weighted by atomic mass is 31.2. The minimum Gasteiger partial charge on any atom is -0.463 e. The summed E-state index contributed by atoms with van der Waals surface area (Å²) in [6.07, 6.45) is 3.25. The lowest BCUT2D eigenvalue weighted by Gasteiger charge is -2.27. The van der Waals surface area contributed by atoms with Crippen LogP contribution in [0.4, 0.5) is 5.69 Å². The predicted molar refractivity (Wildman–Crippen MR) is 139 cm³/mol. The Kier molecular flexibility index (Phi) is 7.34. The van der Waals surface area contributed by atoms with Gasteiger partial charge in [0.1, 0.15) is 0 Å². The molecular weight excluding hydrogens is 425 g/mol. The largest absolute Gasteiger partial charge is 0.463 e. The van der Waals surface area contributed by atoms with Crippen molar-refractivity contribution in [2.45, 2.75) is 6.92 Å². The van der Waals surface area contributed by atoms with Crippen molar-refractivity contribution in [3.8, 4) is 0 Å². The molecule has 0 bridgehead atoms. The number of hydrogen-bond donors (Lipinski definition) is 0. The second-order valence-corrected chi connectivity index (χ2v) is 10.4. The van der Waals surface area contributed by atoms with E-state index in [0.717, 1.165) is 11.3 Å². The number of ether oxygens (including phenoxy) is 1. The van der Waals surface area contributed by atoms with Gasteiger partial charge >= 0.3 is 5.97 Å². The molecule has 0 aromatic heterocycles. The van der Waals surface area contributed by atoms with Gasteiger partial charge in [0.25, 0.3) is 0 Å². The van der Waals surface area contributed by atoms with Gasteiger partial charge in [-0.15, -0.1) is 0 Å². The molecule has 0 aliphatic carbocycles. The van der Waals surface area contributed by atoms with Gasteiger partial charge in [0, 0.05) is 27.6 Å². The van der Waals surface area contributed by atoms with Crippen LogP contribution < -0.4 is 15.9 Å². The molecule has 0 spiro atoms. The Bertz CT molecular complexity index is 1180. The Hall–Kier alpha value is -3.68. The molecular formula is C29H26NO2P. The van der Waals surface area contributed by atoms with E-state index in [1.54, 1.807) is 13.0 Å². The van der Waals surface area contributed by atoms with Gasteiger partial charge in [-0.2, -0.15) is 0 Å². The topological polar surface area (TPSA) is 38.7 Å². The number of carbonyl (C=O) groups is 1. The molecule has 0 aliphatic rings. The Labute approximate surface area is 195 Å². The van der Waals surface area contributed by atoms with Gasteiger partial charge in [0.15, 0.2) is 0 Å². The molecule has 3 nitrogen and oxygen atoms in total. The summed E-state index contributed by atoms with van der Waals surface area (Å²) in [7, 11) is -2.39. The molecule has 0 saturated heterocycles. The summed E-state index contributed by atoms with van der Waals surface area (Å²) in [6.45, 7) is 2.15. The van der Waals surface area contributed by atoms with Gasteiger partial charge in [-0.1, -0.05) is 109 Å². The third kappa shape index (κ3) is 5.05. The third-order valence-electron chi connectivity index (χ3n) is 5.27. The maximum Gasteiger partial charge on any atom is 0.330 e. The van der Waals surface area contributed by atoms with Gasteiger partial charge in [0.2, 0.25) is 0 Å². The fraction of sp³-hybridized carbons (Fsp3) is 0.0690. The molecule has 0 atom stereocenters. The molecule has 0 unspecified atom stereocenters. The first kappa shape index (κ1) is 22.5. The van der Waals surface area contributed by atoms with Gasteiger partial charge < -0.3 is 4.74 Å². The molecule has 4 aromatic carbocycles. The van der Waals surface area contributed by atoms with Crippen LogP contribution in [0.5, 0.6) is 0 Å². The Morgan fingerprint density at radius 3 is 1.67 bits per heavy atom. The smallest absolute Gasteiger partial charge is 0.330 e. The minimum atomic E-state index is -2.39. The lowest BCUT2D eigenvalue weighted by molar-refractivity contribution is -0.137. The number of benzene rings is 4. The number of carbonyl (C=O) groups excluding carboxylic acids is 1. The summed E-state index contributed by atoms with van der Waals surface area (Å²) in [4.78, 5) is 11.9. The number of hydrogen-bond acceptors (Lipinski definition) is 3. The van der Waals surface area contributed by atoms with Crippen LogP contribution in [0, 0.1) is 0 Å². The van der Waals surface area contributed by atoms with E-state index in [-0.39, 0.29) is 5.97 Å². The molecule has 0 aliphatic heterocycles. The maximum atomic E-state index is 11.9. The molecule has 4 aromatic rings. The van der Waals surface area contributed by atoms with E-state index in [1.165, 1.54) is 22.0 Å². The summed E-state index contributed by atoms with van der Waals surface area (Å²) in [5.74, 6) is -0.359. The minimum absolute atomic E-state index is 0.347. The molecule has 164 valence electrons. The van der Waals surface area contributed by atoms with E-state index in [2.05, 4.69) is 72.8 Å². The average Bonchev–Trinajstić information content (AvgIpc) is 2.88. The molecule has 0 amide bonds. The fourth-order valence-corrected chi connectivity index (χ4v) is 7.34. The van der Waals surface area contributed by atoms with Crippen molar-refractivity contribution in [3.63, 3.8) is 0 Å². The summed E-state index contributed by atoms with van der Waals surface area (Å²) < 4.78 is 10.6. The zero-order valence-electron chi connectivity index (χ0n) is 18.5. The van der Waals surface area contributed by atoms with Crippen LogP contribution in [-0.2, 0) is 9.53 Å². The summed E-state index contributed by atoms with van der Waals surface area (Å²) >= 11 is 0. The van der Waals surface area contributed by atoms with E-state index in [0.29, 0.717) is 6.61 Å². The number of esters is 1. The quantitative estimate of drug-likeness (QED) is 0.194. The molecule has 0 N–H and O–H groups in total. The first-order valence-corrected chi connectivity index (χ1v) is 12.7. The number of rotatable bonds is 7. The summed E-state index contributed by atoms with van der Waals surface area (Å²) in [5, 5.41) is 3.52. The second kappa shape index (κ2) is 10.8. The highest BCUT2D eigenvalue weighted by Gasteiger charge is 2.27. The monoisotopic (exact) mass is 451 g/mol. The standard InChI is InChI=1S/C29H26NO2P/c1-2-32-29(31)23-22-24-14-12-13-21-28(24)30-33(25-15-6-3-7-16-25,26-17-8-4-9-18-26)27-19-10-5-11-20-27/h3-23H,2H2,1H3. The Morgan fingerprint density at radius 2 is 1.18 bits per heavy atom. The van der Waals surface area contributed by atoms with Crippen LogP contribution in [-0.4, -0.2) is 12.6 Å². The van der Waals surface area contributed by atoms with Crippen molar-refractivity contribution in [2.75, 3.05) is 6.61 Å². The number of nitrogens with zero attached hydrogens (tertiary/aromatic N) is 1. The molecule has 4 heteroatoms. The SMILES string of the molecule is CCOC(=O)C=Cc1ccccc1N=P(c1ccccc1)(c1ccccc1)c1ccccc1. The summed E-state index contributed by atoms with van der Waals surface area (Å²) in [5.41, 5.74) is 1.71. The van der Waals surface area contributed by atoms with Crippen molar-refractivity contribution >= 4 is 40.7 Å². The van der Waals surface area contributed by atoms with Gasteiger partial charge in [0.05, 0.1) is 19.3 Å². The molecule has 0 heterocycles. The van der Waals surface area contributed by atoms with Crippen molar-refractivity contribution in [2.24, 2.45) is 4.74 Å². The Morgan fingerprint density at radius 1 is 0.727 bits per heavy atom. The molecule has 4 rings (SSSR count). The van der Waals surface area contributed by atoms with Crippen molar-refractivity contribution < 1.29 is 9.53 Å². The normalized spacial score (nSPS) is 11.3. The van der Waals surface area contributed by atoms with Crippen LogP contribution in [0.3, 0.4) is 0 Å². The maximum absolute atomic E-state index is 11.9. The lowest BCUT2D eigenvalue weighted by Crippen LogP contribution is -2.25. The molecule has 0 saturated carbocycles. The van der Waals surface area contributed by atoms with Crippen molar-refractivity contribution in [3.05, 3.63) is 127 Å². The first-order chi connectivity index (χ1) is 16.2. The lowest BCUT2D eigenvalue weighted by atomic mass is 10.2. The van der Waals surface area contributed by atoms with Gasteiger partial charge in [-0.25, -0.2) is 4.79 Å². The van der Waals surface area contributed by atoms with Crippen molar-refractivity contribution in [1.82, 2.24) is 0 Å². The summed E-state index contributed by atoms with van der Waals surface area (Å²) in [6, 6.07) is 39.4. The van der Waals surface area contributed by atoms with Gasteiger partial charge in [-0.05, 0) is 19.1 Å². The van der Waals surface area contributed by atoms with E-state index >= 15 is 0 Å². The van der Waals surface area contributed by atoms with E-state index < -0.39 is 7.05 Å². The van der Waals surface area contributed by atoms with Crippen LogP contribution in [0.15, 0.2) is 126 Å². The third-order valence-corrected chi connectivity index (χ3v) is 8.92. The second-order valence-electron chi connectivity index (χ2n) is 7.39.